The number of benzene rings is 3. The minimum atomic E-state index is -0.690. The number of nitrogens with zero attached hydrogens (tertiary/aromatic N) is 3. The second-order valence-electron chi connectivity index (χ2n) is 5.95. The number of hydrogen-bond acceptors (Lipinski definition) is 3. The van der Waals surface area contributed by atoms with Crippen LogP contribution in [0.4, 0.5) is 8.78 Å². The second kappa shape index (κ2) is 7.20. The van der Waals surface area contributed by atoms with Gasteiger partial charge in [-0.15, -0.1) is 0 Å². The van der Waals surface area contributed by atoms with Crippen molar-refractivity contribution in [3.05, 3.63) is 94.0 Å². The van der Waals surface area contributed by atoms with Gasteiger partial charge in [-0.25, -0.2) is 8.78 Å². The van der Waals surface area contributed by atoms with Crippen molar-refractivity contribution in [2.75, 3.05) is 0 Å². The van der Waals surface area contributed by atoms with Gasteiger partial charge >= 0.3 is 0 Å². The lowest BCUT2D eigenvalue weighted by Crippen LogP contribution is -2.02. The first-order chi connectivity index (χ1) is 13.1. The summed E-state index contributed by atoms with van der Waals surface area (Å²) < 4.78 is 29.2. The molecule has 3 aromatic carbocycles. The molecule has 0 saturated heterocycles. The molecule has 4 aromatic rings. The van der Waals surface area contributed by atoms with Crippen LogP contribution >= 0.6 is 12.2 Å². The van der Waals surface area contributed by atoms with E-state index in [1.165, 1.54) is 22.9 Å². The zero-order chi connectivity index (χ0) is 18.8. The summed E-state index contributed by atoms with van der Waals surface area (Å²) in [5.74, 6) is -0.835. The Morgan fingerprint density at radius 2 is 1.70 bits per heavy atom. The van der Waals surface area contributed by atoms with E-state index in [1.807, 2.05) is 42.5 Å². The van der Waals surface area contributed by atoms with Gasteiger partial charge in [0.05, 0.1) is 11.8 Å². The van der Waals surface area contributed by atoms with Gasteiger partial charge in [0.15, 0.2) is 5.82 Å². The molecule has 0 aliphatic carbocycles. The molecule has 0 unspecified atom stereocenters. The zero-order valence-corrected chi connectivity index (χ0v) is 14.9. The number of aromatic amines is 1. The Kier molecular flexibility index (Phi) is 4.60. The van der Waals surface area contributed by atoms with Gasteiger partial charge in [-0.05, 0) is 40.7 Å². The molecule has 0 amide bonds. The number of fused-ring (bicyclic) bond motifs is 1. The molecule has 0 fully saturated rings. The predicted octanol–water partition coefficient (Wildman–Crippen LogP) is 4.85. The van der Waals surface area contributed by atoms with Crippen LogP contribution in [0, 0.1) is 16.4 Å². The van der Waals surface area contributed by atoms with E-state index in [9.17, 15) is 8.78 Å². The molecule has 134 valence electrons. The summed E-state index contributed by atoms with van der Waals surface area (Å²) in [5, 5.41) is 13.3. The molecule has 0 aliphatic rings. The van der Waals surface area contributed by atoms with Crippen molar-refractivity contribution in [3.63, 3.8) is 0 Å². The van der Waals surface area contributed by atoms with Gasteiger partial charge in [0.25, 0.3) is 0 Å². The largest absolute Gasteiger partial charge is 0.250 e. The fourth-order valence-corrected chi connectivity index (χ4v) is 3.12. The molecule has 0 atom stereocenters. The third-order valence-corrected chi connectivity index (χ3v) is 4.51. The van der Waals surface area contributed by atoms with E-state index in [4.69, 9.17) is 12.2 Å². The molecule has 0 aliphatic heterocycles. The van der Waals surface area contributed by atoms with E-state index in [2.05, 4.69) is 15.3 Å². The standard InChI is InChI=1S/C20H14F2N4S/c21-17-9-4-10-18(22)16(17)12-23-26-19(24-25-20(26)27)11-14-7-3-6-13-5-1-2-8-15(13)14/h1-10,12H,11H2,(H,25,27). The van der Waals surface area contributed by atoms with E-state index in [1.54, 1.807) is 0 Å². The summed E-state index contributed by atoms with van der Waals surface area (Å²) in [4.78, 5) is 0. The fraction of sp³-hybridized carbons (Fsp3) is 0.0500. The summed E-state index contributed by atoms with van der Waals surface area (Å²) in [5.41, 5.74) is 0.826. The Bertz CT molecular complexity index is 1180. The molecule has 27 heavy (non-hydrogen) atoms. The van der Waals surface area contributed by atoms with E-state index in [0.717, 1.165) is 22.6 Å². The molecule has 7 heteroatoms. The van der Waals surface area contributed by atoms with Gasteiger partial charge in [0.1, 0.15) is 11.6 Å². The maximum absolute atomic E-state index is 13.8. The van der Waals surface area contributed by atoms with Crippen molar-refractivity contribution in [1.82, 2.24) is 14.9 Å². The highest BCUT2D eigenvalue weighted by molar-refractivity contribution is 7.71. The molecule has 0 radical (unpaired) electrons. The molecule has 1 aromatic heterocycles. The van der Waals surface area contributed by atoms with Gasteiger partial charge in [0.2, 0.25) is 4.77 Å². The topological polar surface area (TPSA) is 46.0 Å². The maximum Gasteiger partial charge on any atom is 0.216 e. The Balaban J connectivity index is 1.72. The molecule has 4 rings (SSSR count). The zero-order valence-electron chi connectivity index (χ0n) is 14.1. The third-order valence-electron chi connectivity index (χ3n) is 4.25. The van der Waals surface area contributed by atoms with Gasteiger partial charge in [0, 0.05) is 6.42 Å². The first-order valence-corrected chi connectivity index (χ1v) is 8.65. The van der Waals surface area contributed by atoms with Crippen molar-refractivity contribution in [2.24, 2.45) is 5.10 Å². The summed E-state index contributed by atoms with van der Waals surface area (Å²) in [6.45, 7) is 0. The summed E-state index contributed by atoms with van der Waals surface area (Å²) >= 11 is 5.21. The summed E-state index contributed by atoms with van der Waals surface area (Å²) in [7, 11) is 0. The van der Waals surface area contributed by atoms with Crippen molar-refractivity contribution in [1.29, 1.82) is 0 Å². The van der Waals surface area contributed by atoms with Crippen molar-refractivity contribution < 1.29 is 8.78 Å². The molecule has 4 nitrogen and oxygen atoms in total. The molecular formula is C20H14F2N4S. The fourth-order valence-electron chi connectivity index (χ4n) is 2.92. The lowest BCUT2D eigenvalue weighted by molar-refractivity contribution is 0.579. The van der Waals surface area contributed by atoms with E-state index < -0.39 is 11.6 Å². The number of hydrogen-bond donors (Lipinski definition) is 1. The molecule has 0 spiro atoms. The third kappa shape index (κ3) is 3.41. The van der Waals surface area contributed by atoms with E-state index in [0.29, 0.717) is 12.2 Å². The van der Waals surface area contributed by atoms with Crippen molar-refractivity contribution in [2.45, 2.75) is 6.42 Å². The normalized spacial score (nSPS) is 11.5. The Morgan fingerprint density at radius 1 is 1.00 bits per heavy atom. The van der Waals surface area contributed by atoms with Gasteiger partial charge in [-0.1, -0.05) is 48.5 Å². The van der Waals surface area contributed by atoms with Crippen LogP contribution in [0.1, 0.15) is 17.0 Å². The van der Waals surface area contributed by atoms with Crippen LogP contribution < -0.4 is 0 Å². The Hall–Kier alpha value is -3.19. The van der Waals surface area contributed by atoms with Crippen molar-refractivity contribution >= 4 is 29.2 Å². The molecule has 1 N–H and O–H groups in total. The first-order valence-electron chi connectivity index (χ1n) is 8.25. The SMILES string of the molecule is Fc1cccc(F)c1C=Nn1c(Cc2cccc3ccccc23)n[nH]c1=S. The van der Waals surface area contributed by atoms with Gasteiger partial charge in [-0.3, -0.25) is 5.10 Å². The van der Waals surface area contributed by atoms with E-state index in [-0.39, 0.29) is 10.3 Å². The molecule has 0 bridgehead atoms. The number of nitrogens with one attached hydrogen (secondary N) is 1. The van der Waals surface area contributed by atoms with Crippen LogP contribution in [-0.2, 0) is 6.42 Å². The smallest absolute Gasteiger partial charge is 0.216 e. The highest BCUT2D eigenvalue weighted by atomic mass is 32.1. The predicted molar refractivity (Wildman–Crippen MR) is 104 cm³/mol. The number of rotatable bonds is 4. The van der Waals surface area contributed by atoms with E-state index >= 15 is 0 Å². The Morgan fingerprint density at radius 3 is 2.52 bits per heavy atom. The van der Waals surface area contributed by atoms with Crippen LogP contribution in [0.15, 0.2) is 65.8 Å². The number of H-pyrrole nitrogens is 1. The van der Waals surface area contributed by atoms with Crippen LogP contribution in [-0.4, -0.2) is 21.1 Å². The lowest BCUT2D eigenvalue weighted by Gasteiger charge is -2.06. The first kappa shape index (κ1) is 17.2. The van der Waals surface area contributed by atoms with Crippen LogP contribution in [0.2, 0.25) is 0 Å². The highest BCUT2D eigenvalue weighted by Crippen LogP contribution is 2.21. The lowest BCUT2D eigenvalue weighted by atomic mass is 10.0. The van der Waals surface area contributed by atoms with Gasteiger partial charge < -0.3 is 0 Å². The monoisotopic (exact) mass is 380 g/mol. The molecule has 0 saturated carbocycles. The minimum Gasteiger partial charge on any atom is -0.250 e. The van der Waals surface area contributed by atoms with Crippen LogP contribution in [0.5, 0.6) is 0 Å². The molecular weight excluding hydrogens is 366 g/mol. The molecule has 1 heterocycles. The number of halogens is 2. The Labute approximate surface area is 158 Å². The minimum absolute atomic E-state index is 0.225. The van der Waals surface area contributed by atoms with Crippen LogP contribution in [0.3, 0.4) is 0 Å². The average Bonchev–Trinajstić information content (AvgIpc) is 3.01. The van der Waals surface area contributed by atoms with Crippen LogP contribution in [0.25, 0.3) is 10.8 Å². The van der Waals surface area contributed by atoms with Crippen molar-refractivity contribution in [3.8, 4) is 0 Å². The van der Waals surface area contributed by atoms with Gasteiger partial charge in [-0.2, -0.15) is 14.9 Å². The second-order valence-corrected chi connectivity index (χ2v) is 6.34. The summed E-state index contributed by atoms with van der Waals surface area (Å²) in [6.07, 6.45) is 1.58. The summed E-state index contributed by atoms with van der Waals surface area (Å²) in [6, 6.07) is 17.7. The highest BCUT2D eigenvalue weighted by Gasteiger charge is 2.10. The maximum atomic E-state index is 13.8. The quantitative estimate of drug-likeness (QED) is 0.407. The number of aromatic nitrogens is 3. The average molecular weight is 380 g/mol.